The number of nitrogens with zero attached hydrogens (tertiary/aromatic N) is 1. The Kier molecular flexibility index (Phi) is 6.86. The summed E-state index contributed by atoms with van der Waals surface area (Å²) in [4.78, 5) is 26.5. The number of benzene rings is 3. The summed E-state index contributed by atoms with van der Waals surface area (Å²) >= 11 is 12.2. The molecule has 0 saturated carbocycles. The molecule has 0 heterocycles. The second-order valence-corrected chi connectivity index (χ2v) is 8.03. The number of hydrogen-bond acceptors (Lipinski definition) is 6. The lowest BCUT2D eigenvalue weighted by molar-refractivity contribution is -0.116. The molecule has 0 spiro atoms. The molecular formula is C25H19Cl2N3O4. The van der Waals surface area contributed by atoms with Gasteiger partial charge < -0.3 is 14.8 Å². The maximum absolute atomic E-state index is 13.4. The molecule has 0 atom stereocenters. The second-order valence-electron chi connectivity index (χ2n) is 7.19. The number of hydrogen-bond donors (Lipinski definition) is 2. The van der Waals surface area contributed by atoms with E-state index in [4.69, 9.17) is 32.7 Å². The topological polar surface area (TPSA) is 89.0 Å². The SMILES string of the molecule is COc1ccc(OC)c(NC(=O)C2=Cc3ccccc3C(=NNc3cc(Cl)ccc3Cl)C2=O)c1. The van der Waals surface area contributed by atoms with Gasteiger partial charge in [-0.1, -0.05) is 47.5 Å². The molecule has 4 rings (SSSR count). The number of methoxy groups -OCH3 is 2. The van der Waals surface area contributed by atoms with Gasteiger partial charge in [0.1, 0.15) is 17.2 Å². The number of amides is 1. The summed E-state index contributed by atoms with van der Waals surface area (Å²) in [5, 5.41) is 7.85. The average Bonchev–Trinajstić information content (AvgIpc) is 2.85. The maximum atomic E-state index is 13.4. The van der Waals surface area contributed by atoms with Gasteiger partial charge in [-0.15, -0.1) is 0 Å². The van der Waals surface area contributed by atoms with E-state index in [1.54, 1.807) is 54.6 Å². The van der Waals surface area contributed by atoms with E-state index in [1.165, 1.54) is 20.3 Å². The van der Waals surface area contributed by atoms with E-state index < -0.39 is 11.7 Å². The number of nitrogens with one attached hydrogen (secondary N) is 2. The number of ketones is 1. The van der Waals surface area contributed by atoms with Gasteiger partial charge in [0.05, 0.1) is 36.2 Å². The molecule has 3 aromatic rings. The summed E-state index contributed by atoms with van der Waals surface area (Å²) in [5.41, 5.74) is 4.81. The van der Waals surface area contributed by atoms with Crippen molar-refractivity contribution in [2.75, 3.05) is 25.0 Å². The number of hydrazone groups is 1. The minimum atomic E-state index is -0.612. The molecule has 2 N–H and O–H groups in total. The number of Topliss-reactive ketones (excluding diaryl/α,β-unsaturated/α-hetero) is 1. The van der Waals surface area contributed by atoms with Crippen LogP contribution >= 0.6 is 23.2 Å². The van der Waals surface area contributed by atoms with Gasteiger partial charge in [0.25, 0.3) is 5.91 Å². The molecule has 3 aromatic carbocycles. The normalized spacial score (nSPS) is 13.7. The van der Waals surface area contributed by atoms with Gasteiger partial charge >= 0.3 is 0 Å². The Morgan fingerprint density at radius 1 is 0.941 bits per heavy atom. The summed E-state index contributed by atoms with van der Waals surface area (Å²) in [6.07, 6.45) is 1.53. The zero-order chi connectivity index (χ0) is 24.2. The molecule has 0 bridgehead atoms. The third kappa shape index (κ3) is 4.76. The number of ether oxygens (including phenoxy) is 2. The number of fused-ring (bicyclic) bond motifs is 1. The van der Waals surface area contributed by atoms with Crippen molar-refractivity contribution in [3.8, 4) is 11.5 Å². The molecule has 0 aliphatic heterocycles. The third-order valence-electron chi connectivity index (χ3n) is 5.09. The fourth-order valence-electron chi connectivity index (χ4n) is 3.39. The molecular weight excluding hydrogens is 477 g/mol. The smallest absolute Gasteiger partial charge is 0.259 e. The summed E-state index contributed by atoms with van der Waals surface area (Å²) in [6.45, 7) is 0. The largest absolute Gasteiger partial charge is 0.497 e. The molecule has 172 valence electrons. The molecule has 0 saturated heterocycles. The van der Waals surface area contributed by atoms with Gasteiger partial charge in [-0.2, -0.15) is 5.10 Å². The van der Waals surface area contributed by atoms with Crippen molar-refractivity contribution in [3.05, 3.63) is 87.4 Å². The van der Waals surface area contributed by atoms with Crippen LogP contribution in [0.15, 0.2) is 71.3 Å². The highest BCUT2D eigenvalue weighted by Crippen LogP contribution is 2.31. The fourth-order valence-corrected chi connectivity index (χ4v) is 3.72. The van der Waals surface area contributed by atoms with Crippen LogP contribution < -0.4 is 20.2 Å². The van der Waals surface area contributed by atoms with Crippen molar-refractivity contribution in [1.82, 2.24) is 0 Å². The Morgan fingerprint density at radius 3 is 2.50 bits per heavy atom. The van der Waals surface area contributed by atoms with Crippen molar-refractivity contribution in [2.24, 2.45) is 5.10 Å². The van der Waals surface area contributed by atoms with E-state index in [-0.39, 0.29) is 11.3 Å². The van der Waals surface area contributed by atoms with E-state index in [0.717, 1.165) is 0 Å². The second kappa shape index (κ2) is 9.99. The Hall–Kier alpha value is -3.81. The first-order valence-electron chi connectivity index (χ1n) is 10.1. The van der Waals surface area contributed by atoms with E-state index in [1.807, 2.05) is 6.07 Å². The van der Waals surface area contributed by atoms with Crippen LogP contribution in [0.25, 0.3) is 6.08 Å². The van der Waals surface area contributed by atoms with Gasteiger partial charge in [0.15, 0.2) is 0 Å². The summed E-state index contributed by atoms with van der Waals surface area (Å²) < 4.78 is 10.5. The Balaban J connectivity index is 1.69. The first kappa shape index (κ1) is 23.4. The van der Waals surface area contributed by atoms with Gasteiger partial charge in [0.2, 0.25) is 5.78 Å². The van der Waals surface area contributed by atoms with Crippen LogP contribution in [0.2, 0.25) is 10.0 Å². The predicted molar refractivity (Wildman–Crippen MR) is 134 cm³/mol. The molecule has 1 aliphatic carbocycles. The zero-order valence-electron chi connectivity index (χ0n) is 18.2. The van der Waals surface area contributed by atoms with Crippen LogP contribution in [-0.2, 0) is 9.59 Å². The van der Waals surface area contributed by atoms with Gasteiger partial charge in [-0.25, -0.2) is 0 Å². The highest BCUT2D eigenvalue weighted by molar-refractivity contribution is 6.59. The molecule has 1 aliphatic rings. The summed E-state index contributed by atoms with van der Waals surface area (Å²) in [5.74, 6) is -0.219. The third-order valence-corrected chi connectivity index (χ3v) is 5.66. The number of carbonyl (C=O) groups is 2. The van der Waals surface area contributed by atoms with Crippen molar-refractivity contribution in [1.29, 1.82) is 0 Å². The number of carbonyl (C=O) groups excluding carboxylic acids is 2. The molecule has 7 nitrogen and oxygen atoms in total. The average molecular weight is 496 g/mol. The quantitative estimate of drug-likeness (QED) is 0.351. The Bertz CT molecular complexity index is 1350. The van der Waals surface area contributed by atoms with Crippen molar-refractivity contribution >= 4 is 58.1 Å². The minimum absolute atomic E-state index is 0.0666. The molecule has 1 amide bonds. The van der Waals surface area contributed by atoms with Crippen molar-refractivity contribution < 1.29 is 19.1 Å². The van der Waals surface area contributed by atoms with Crippen LogP contribution in [-0.4, -0.2) is 31.6 Å². The number of rotatable bonds is 6. The van der Waals surface area contributed by atoms with E-state index in [2.05, 4.69) is 15.8 Å². The summed E-state index contributed by atoms with van der Waals surface area (Å²) in [7, 11) is 3.00. The predicted octanol–water partition coefficient (Wildman–Crippen LogP) is 5.43. The van der Waals surface area contributed by atoms with Crippen LogP contribution in [0.3, 0.4) is 0 Å². The van der Waals surface area contributed by atoms with E-state index in [0.29, 0.717) is 44.0 Å². The van der Waals surface area contributed by atoms with Crippen LogP contribution in [0, 0.1) is 0 Å². The Morgan fingerprint density at radius 2 is 1.74 bits per heavy atom. The molecule has 0 fully saturated rings. The minimum Gasteiger partial charge on any atom is -0.497 e. The lowest BCUT2D eigenvalue weighted by Gasteiger charge is -2.18. The molecule has 0 radical (unpaired) electrons. The first-order valence-corrected chi connectivity index (χ1v) is 10.8. The summed E-state index contributed by atoms with van der Waals surface area (Å²) in [6, 6.07) is 17.0. The van der Waals surface area contributed by atoms with Crippen molar-refractivity contribution in [2.45, 2.75) is 0 Å². The van der Waals surface area contributed by atoms with Crippen LogP contribution in [0.5, 0.6) is 11.5 Å². The lowest BCUT2D eigenvalue weighted by atomic mass is 9.89. The molecule has 0 unspecified atom stereocenters. The van der Waals surface area contributed by atoms with Crippen LogP contribution in [0.4, 0.5) is 11.4 Å². The standard InChI is InChI=1S/C25H19Cl2N3O4/c1-33-16-8-10-22(34-2)21(13-16)28-25(32)18-11-14-5-3-4-6-17(14)23(24(18)31)30-29-20-12-15(26)7-9-19(20)27/h3-13,29H,1-2H3,(H,28,32). The number of halogens is 2. The Labute approximate surface area is 206 Å². The monoisotopic (exact) mass is 495 g/mol. The number of anilines is 2. The van der Waals surface area contributed by atoms with Gasteiger partial charge in [0, 0.05) is 16.7 Å². The highest BCUT2D eigenvalue weighted by Gasteiger charge is 2.30. The molecule has 0 aromatic heterocycles. The lowest BCUT2D eigenvalue weighted by Crippen LogP contribution is -2.30. The van der Waals surface area contributed by atoms with Gasteiger partial charge in [-0.3, -0.25) is 15.0 Å². The zero-order valence-corrected chi connectivity index (χ0v) is 19.7. The maximum Gasteiger partial charge on any atom is 0.259 e. The van der Waals surface area contributed by atoms with Crippen molar-refractivity contribution in [3.63, 3.8) is 0 Å². The first-order chi connectivity index (χ1) is 16.4. The van der Waals surface area contributed by atoms with E-state index in [9.17, 15) is 9.59 Å². The molecule has 34 heavy (non-hydrogen) atoms. The van der Waals surface area contributed by atoms with Gasteiger partial charge in [-0.05, 0) is 42.0 Å². The van der Waals surface area contributed by atoms with Crippen LogP contribution in [0.1, 0.15) is 11.1 Å². The highest BCUT2D eigenvalue weighted by atomic mass is 35.5. The van der Waals surface area contributed by atoms with E-state index >= 15 is 0 Å². The molecule has 9 heteroatoms. The fraction of sp³-hybridized carbons (Fsp3) is 0.0800.